The molecule has 0 spiro atoms. The summed E-state index contributed by atoms with van der Waals surface area (Å²) in [7, 11) is 0. The van der Waals surface area contributed by atoms with E-state index in [0.717, 1.165) is 34.4 Å². The van der Waals surface area contributed by atoms with Gasteiger partial charge in [0, 0.05) is 34.8 Å². The van der Waals surface area contributed by atoms with Crippen molar-refractivity contribution in [3.8, 4) is 11.3 Å². The normalized spacial score (nSPS) is 13.4. The molecule has 25 heavy (non-hydrogen) atoms. The van der Waals surface area contributed by atoms with Crippen molar-refractivity contribution in [2.75, 3.05) is 5.75 Å². The second-order valence-electron chi connectivity index (χ2n) is 6.14. The van der Waals surface area contributed by atoms with E-state index in [4.69, 9.17) is 10.1 Å². The number of rotatable bonds is 4. The molecular weight excluding hydrogens is 328 g/mol. The van der Waals surface area contributed by atoms with Gasteiger partial charge < -0.3 is 4.57 Å². The van der Waals surface area contributed by atoms with E-state index in [9.17, 15) is 0 Å². The first-order valence-electron chi connectivity index (χ1n) is 8.31. The van der Waals surface area contributed by atoms with Gasteiger partial charge in [0.15, 0.2) is 5.16 Å². The molecule has 2 aromatic heterocycles. The van der Waals surface area contributed by atoms with Gasteiger partial charge in [0.1, 0.15) is 0 Å². The minimum atomic E-state index is 0.826. The minimum absolute atomic E-state index is 0.826. The van der Waals surface area contributed by atoms with Gasteiger partial charge in [-0.15, -0.1) is 6.58 Å². The summed E-state index contributed by atoms with van der Waals surface area (Å²) >= 11 is 1.74. The Bertz CT molecular complexity index is 963. The number of imidazole rings is 1. The van der Waals surface area contributed by atoms with Crippen molar-refractivity contribution < 1.29 is 0 Å². The van der Waals surface area contributed by atoms with Crippen LogP contribution in [0, 0.1) is 13.8 Å². The van der Waals surface area contributed by atoms with Crippen molar-refractivity contribution in [3.05, 3.63) is 72.2 Å². The molecule has 1 aliphatic heterocycles. The lowest BCUT2D eigenvalue weighted by Gasteiger charge is -2.13. The Balaban J connectivity index is 1.72. The quantitative estimate of drug-likeness (QED) is 0.650. The fourth-order valence-corrected chi connectivity index (χ4v) is 4.07. The van der Waals surface area contributed by atoms with E-state index in [1.54, 1.807) is 11.8 Å². The van der Waals surface area contributed by atoms with E-state index in [1.165, 1.54) is 17.0 Å². The molecule has 0 unspecified atom stereocenters. The Morgan fingerprint density at radius 1 is 1.24 bits per heavy atom. The molecule has 0 saturated carbocycles. The van der Waals surface area contributed by atoms with Crippen molar-refractivity contribution in [2.45, 2.75) is 25.5 Å². The molecule has 3 heterocycles. The number of aromatic nitrogens is 3. The molecule has 0 bridgehead atoms. The van der Waals surface area contributed by atoms with Crippen LogP contribution in [-0.2, 0) is 6.54 Å². The van der Waals surface area contributed by atoms with E-state index >= 15 is 0 Å². The maximum atomic E-state index is 4.85. The average molecular weight is 348 g/mol. The molecule has 0 atom stereocenters. The summed E-state index contributed by atoms with van der Waals surface area (Å²) < 4.78 is 4.18. The van der Waals surface area contributed by atoms with Crippen LogP contribution < -0.4 is 0 Å². The molecule has 3 aromatic rings. The Morgan fingerprint density at radius 2 is 2.04 bits per heavy atom. The summed E-state index contributed by atoms with van der Waals surface area (Å²) in [6.45, 7) is 8.96. The number of hydrogen-bond donors (Lipinski definition) is 0. The first-order valence-corrected chi connectivity index (χ1v) is 9.29. The van der Waals surface area contributed by atoms with Crippen LogP contribution in [0.25, 0.3) is 11.3 Å². The number of thioether (sulfide) groups is 1. The molecule has 126 valence electrons. The monoisotopic (exact) mass is 348 g/mol. The van der Waals surface area contributed by atoms with Crippen LogP contribution in [0.4, 0.5) is 0 Å². The molecular formula is C20H20N4S. The number of benzene rings is 1. The highest BCUT2D eigenvalue weighted by molar-refractivity contribution is 7.99. The second-order valence-corrected chi connectivity index (χ2v) is 7.08. The number of allylic oxidation sites excluding steroid dienone is 1. The topological polar surface area (TPSA) is 35.1 Å². The molecule has 4 nitrogen and oxygen atoms in total. The molecule has 1 aromatic carbocycles. The lowest BCUT2D eigenvalue weighted by atomic mass is 10.1. The molecule has 5 heteroatoms. The Morgan fingerprint density at radius 3 is 2.80 bits per heavy atom. The molecule has 1 aliphatic rings. The van der Waals surface area contributed by atoms with Crippen LogP contribution in [-0.4, -0.2) is 25.7 Å². The van der Waals surface area contributed by atoms with Gasteiger partial charge in [0.05, 0.1) is 17.6 Å². The molecule has 0 saturated heterocycles. The zero-order valence-corrected chi connectivity index (χ0v) is 15.3. The predicted molar refractivity (Wildman–Crippen MR) is 104 cm³/mol. The summed E-state index contributed by atoms with van der Waals surface area (Å²) in [6, 6.07) is 12.5. The largest absolute Gasteiger partial charge is 0.345 e. The smallest absolute Gasteiger partial charge is 0.189 e. The molecule has 0 aliphatic carbocycles. The third-order valence-electron chi connectivity index (χ3n) is 4.49. The van der Waals surface area contributed by atoms with Crippen molar-refractivity contribution in [2.24, 2.45) is 5.10 Å². The second kappa shape index (κ2) is 6.41. The first-order chi connectivity index (χ1) is 12.2. The molecule has 0 amide bonds. The van der Waals surface area contributed by atoms with Crippen LogP contribution >= 0.6 is 11.8 Å². The van der Waals surface area contributed by atoms with Gasteiger partial charge in [-0.25, -0.2) is 9.66 Å². The zero-order valence-electron chi connectivity index (χ0n) is 14.4. The van der Waals surface area contributed by atoms with Gasteiger partial charge in [-0.1, -0.05) is 48.2 Å². The highest BCUT2D eigenvalue weighted by Crippen LogP contribution is 2.29. The van der Waals surface area contributed by atoms with Crippen LogP contribution in [0.2, 0.25) is 0 Å². The third kappa shape index (κ3) is 2.85. The predicted octanol–water partition coefficient (Wildman–Crippen LogP) is 4.51. The van der Waals surface area contributed by atoms with Crippen molar-refractivity contribution in [3.63, 3.8) is 0 Å². The van der Waals surface area contributed by atoms with Gasteiger partial charge in [0.25, 0.3) is 0 Å². The highest BCUT2D eigenvalue weighted by atomic mass is 32.2. The Kier molecular flexibility index (Phi) is 4.09. The molecule has 0 N–H and O–H groups in total. The standard InChI is InChI=1S/C20H20N4S/c1-4-10-23-14(2)11-17(15(23)3)19-13-25-20-21-18(12-24(20)22-19)16-8-6-5-7-9-16/h4-9,11-12H,1,10,13H2,2-3H3. The Labute approximate surface area is 151 Å². The lowest BCUT2D eigenvalue weighted by molar-refractivity contribution is 0.754. The first kappa shape index (κ1) is 16.0. The minimum Gasteiger partial charge on any atom is -0.345 e. The van der Waals surface area contributed by atoms with Gasteiger partial charge in [-0.3, -0.25) is 0 Å². The molecule has 0 fully saturated rings. The summed E-state index contributed by atoms with van der Waals surface area (Å²) in [6.07, 6.45) is 3.95. The fourth-order valence-electron chi connectivity index (χ4n) is 3.20. The summed E-state index contributed by atoms with van der Waals surface area (Å²) in [4.78, 5) is 4.72. The van der Waals surface area contributed by atoms with Crippen molar-refractivity contribution in [1.82, 2.24) is 14.2 Å². The van der Waals surface area contributed by atoms with E-state index in [1.807, 2.05) is 35.1 Å². The van der Waals surface area contributed by atoms with E-state index in [-0.39, 0.29) is 0 Å². The van der Waals surface area contributed by atoms with E-state index < -0.39 is 0 Å². The number of hydrogen-bond acceptors (Lipinski definition) is 3. The lowest BCUT2D eigenvalue weighted by Crippen LogP contribution is -2.13. The summed E-state index contributed by atoms with van der Waals surface area (Å²) in [5, 5.41) is 5.79. The van der Waals surface area contributed by atoms with Crippen LogP contribution in [0.15, 0.2) is 65.5 Å². The van der Waals surface area contributed by atoms with Gasteiger partial charge in [0.2, 0.25) is 0 Å². The molecule has 4 rings (SSSR count). The SMILES string of the molecule is C=CCn1c(C)cc(C2=Nn3cc(-c4ccccc4)nc3SC2)c1C. The van der Waals surface area contributed by atoms with E-state index in [0.29, 0.717) is 0 Å². The zero-order chi connectivity index (χ0) is 17.4. The van der Waals surface area contributed by atoms with E-state index in [2.05, 4.69) is 43.2 Å². The summed E-state index contributed by atoms with van der Waals surface area (Å²) in [5.41, 5.74) is 6.87. The van der Waals surface area contributed by atoms with Crippen LogP contribution in [0.5, 0.6) is 0 Å². The molecule has 0 radical (unpaired) electrons. The van der Waals surface area contributed by atoms with Crippen LogP contribution in [0.3, 0.4) is 0 Å². The van der Waals surface area contributed by atoms with Gasteiger partial charge in [-0.05, 0) is 19.9 Å². The number of aryl methyl sites for hydroxylation is 1. The van der Waals surface area contributed by atoms with Crippen molar-refractivity contribution >= 4 is 17.5 Å². The maximum Gasteiger partial charge on any atom is 0.189 e. The highest BCUT2D eigenvalue weighted by Gasteiger charge is 2.20. The Hall–Kier alpha value is -2.53. The number of fused-ring (bicyclic) bond motifs is 1. The number of nitrogens with zero attached hydrogens (tertiary/aromatic N) is 4. The van der Waals surface area contributed by atoms with Crippen LogP contribution in [0.1, 0.15) is 17.0 Å². The van der Waals surface area contributed by atoms with Gasteiger partial charge in [-0.2, -0.15) is 5.10 Å². The fraction of sp³-hybridized carbons (Fsp3) is 0.200. The summed E-state index contributed by atoms with van der Waals surface area (Å²) in [5.74, 6) is 0.837. The maximum absolute atomic E-state index is 4.85. The van der Waals surface area contributed by atoms with Crippen molar-refractivity contribution in [1.29, 1.82) is 0 Å². The van der Waals surface area contributed by atoms with Gasteiger partial charge >= 0.3 is 0 Å². The average Bonchev–Trinajstić information content (AvgIpc) is 3.18. The third-order valence-corrected chi connectivity index (χ3v) is 5.44.